The monoisotopic (exact) mass is 277 g/mol. The lowest BCUT2D eigenvalue weighted by molar-refractivity contribution is -0.129. The van der Waals surface area contributed by atoms with E-state index in [1.807, 2.05) is 31.2 Å². The summed E-state index contributed by atoms with van der Waals surface area (Å²) in [6, 6.07) is 7.91. The number of carbonyl (C=O) groups is 2. The zero-order valence-electron chi connectivity index (χ0n) is 11.0. The Labute approximate surface area is 116 Å². The lowest BCUT2D eigenvalue weighted by atomic mass is 10.1. The molecule has 0 saturated heterocycles. The van der Waals surface area contributed by atoms with Crippen LogP contribution in [0.4, 0.5) is 0 Å². The van der Waals surface area contributed by atoms with Crippen molar-refractivity contribution in [3.8, 4) is 0 Å². The minimum Gasteiger partial charge on any atom is -0.304 e. The fourth-order valence-corrected chi connectivity index (χ4v) is 2.93. The Hall–Kier alpha value is -1.82. The van der Waals surface area contributed by atoms with Gasteiger partial charge in [-0.1, -0.05) is 41.6 Å². The van der Waals surface area contributed by atoms with Crippen LogP contribution in [0.25, 0.3) is 0 Å². The Morgan fingerprint density at radius 1 is 1.37 bits per heavy atom. The molecule has 0 bridgehead atoms. The Kier molecular flexibility index (Phi) is 3.90. The third-order valence-electron chi connectivity index (χ3n) is 2.58. The first-order valence-corrected chi connectivity index (χ1v) is 6.74. The maximum absolute atomic E-state index is 11.6. The van der Waals surface area contributed by atoms with Gasteiger partial charge in [-0.3, -0.25) is 9.59 Å². The molecule has 0 aromatic heterocycles. The van der Waals surface area contributed by atoms with Crippen LogP contribution in [0.3, 0.4) is 0 Å². The molecule has 1 N–H and O–H groups in total. The molecule has 1 aliphatic rings. The molecule has 1 aliphatic heterocycles. The summed E-state index contributed by atoms with van der Waals surface area (Å²) < 4.78 is 0. The predicted molar refractivity (Wildman–Crippen MR) is 75.3 cm³/mol. The average molecular weight is 277 g/mol. The highest BCUT2D eigenvalue weighted by atomic mass is 32.2. The number of aryl methyl sites for hydroxylation is 1. The molecule has 1 unspecified atom stereocenters. The van der Waals surface area contributed by atoms with E-state index in [-0.39, 0.29) is 17.2 Å². The average Bonchev–Trinajstić information content (AvgIpc) is 2.72. The largest absolute Gasteiger partial charge is 0.304 e. The van der Waals surface area contributed by atoms with E-state index >= 15 is 0 Å². The van der Waals surface area contributed by atoms with Crippen molar-refractivity contribution < 1.29 is 9.59 Å². The highest BCUT2D eigenvalue weighted by molar-refractivity contribution is 8.14. The minimum absolute atomic E-state index is 0.153. The van der Waals surface area contributed by atoms with Crippen molar-refractivity contribution in [3.05, 3.63) is 35.4 Å². The molecular weight excluding hydrogens is 262 g/mol. The fraction of sp³-hybridized carbons (Fsp3) is 0.308. The number of nitrogens with one attached hydrogen (secondary N) is 1. The lowest BCUT2D eigenvalue weighted by Gasteiger charge is -2.19. The number of carbonyl (C=O) groups excluding carboxylic acids is 2. The summed E-state index contributed by atoms with van der Waals surface area (Å²) in [5, 5.41) is 8.39. The van der Waals surface area contributed by atoms with Crippen LogP contribution in [0.5, 0.6) is 0 Å². The van der Waals surface area contributed by atoms with Gasteiger partial charge in [0, 0.05) is 13.8 Å². The zero-order chi connectivity index (χ0) is 14.0. The molecule has 5 nitrogen and oxygen atoms in total. The first-order valence-electron chi connectivity index (χ1n) is 5.86. The molecule has 1 atom stereocenters. The van der Waals surface area contributed by atoms with Crippen LogP contribution in [0.2, 0.25) is 0 Å². The van der Waals surface area contributed by atoms with Crippen LogP contribution < -0.4 is 5.32 Å². The van der Waals surface area contributed by atoms with Crippen molar-refractivity contribution in [1.82, 2.24) is 10.3 Å². The number of amides is 2. The normalized spacial score (nSPS) is 18.2. The van der Waals surface area contributed by atoms with E-state index in [9.17, 15) is 9.59 Å². The number of rotatable bonds is 1. The van der Waals surface area contributed by atoms with E-state index in [1.54, 1.807) is 0 Å². The SMILES string of the molecule is CC(=O)NC1=NN(C(C)=O)C(c2cccc(C)c2)S1. The molecule has 1 aromatic carbocycles. The number of hydrazone groups is 1. The first-order chi connectivity index (χ1) is 8.97. The molecule has 0 spiro atoms. The Morgan fingerprint density at radius 3 is 2.68 bits per heavy atom. The second-order valence-corrected chi connectivity index (χ2v) is 5.40. The maximum atomic E-state index is 11.6. The van der Waals surface area contributed by atoms with E-state index in [4.69, 9.17) is 0 Å². The summed E-state index contributed by atoms with van der Waals surface area (Å²) in [6.45, 7) is 4.88. The predicted octanol–water partition coefficient (Wildman–Crippen LogP) is 2.00. The van der Waals surface area contributed by atoms with Gasteiger partial charge in [0.25, 0.3) is 0 Å². The highest BCUT2D eigenvalue weighted by Crippen LogP contribution is 2.38. The number of nitrogens with zero attached hydrogens (tertiary/aromatic N) is 2. The van der Waals surface area contributed by atoms with Crippen molar-refractivity contribution in [2.45, 2.75) is 26.1 Å². The maximum Gasteiger partial charge on any atom is 0.241 e. The van der Waals surface area contributed by atoms with Crippen molar-refractivity contribution >= 4 is 28.7 Å². The quantitative estimate of drug-likeness (QED) is 0.854. The van der Waals surface area contributed by atoms with E-state index in [1.165, 1.54) is 30.6 Å². The molecule has 1 aromatic rings. The molecule has 100 valence electrons. The summed E-state index contributed by atoms with van der Waals surface area (Å²) in [5.41, 5.74) is 2.11. The van der Waals surface area contributed by atoms with Crippen molar-refractivity contribution in [1.29, 1.82) is 0 Å². The third kappa shape index (κ3) is 3.14. The number of thioether (sulfide) groups is 1. The topological polar surface area (TPSA) is 61.8 Å². The summed E-state index contributed by atoms with van der Waals surface area (Å²) in [7, 11) is 0. The number of amidine groups is 1. The Balaban J connectivity index is 2.26. The molecule has 2 amide bonds. The standard InChI is InChI=1S/C13H15N3O2S/c1-8-5-4-6-11(7-8)12-16(10(3)18)15-13(19-12)14-9(2)17/h4-7,12H,1-3H3,(H,14,15,17). The van der Waals surface area contributed by atoms with Crippen LogP contribution in [0.1, 0.15) is 30.3 Å². The van der Waals surface area contributed by atoms with Crippen LogP contribution in [-0.2, 0) is 9.59 Å². The Bertz CT molecular complexity index is 557. The molecular formula is C13H15N3O2S. The van der Waals surface area contributed by atoms with E-state index < -0.39 is 0 Å². The van der Waals surface area contributed by atoms with Gasteiger partial charge in [0.1, 0.15) is 5.37 Å². The van der Waals surface area contributed by atoms with Gasteiger partial charge >= 0.3 is 0 Å². The molecule has 1 heterocycles. The van der Waals surface area contributed by atoms with Crippen molar-refractivity contribution in [2.24, 2.45) is 5.10 Å². The smallest absolute Gasteiger partial charge is 0.241 e. The molecule has 19 heavy (non-hydrogen) atoms. The summed E-state index contributed by atoms with van der Waals surface area (Å²) >= 11 is 1.36. The minimum atomic E-state index is -0.223. The van der Waals surface area contributed by atoms with Crippen LogP contribution in [0.15, 0.2) is 29.4 Å². The summed E-state index contributed by atoms with van der Waals surface area (Å²) in [6.07, 6.45) is 0. The zero-order valence-corrected chi connectivity index (χ0v) is 11.8. The number of hydrogen-bond acceptors (Lipinski definition) is 4. The van der Waals surface area contributed by atoms with Gasteiger partial charge in [0.15, 0.2) is 5.17 Å². The van der Waals surface area contributed by atoms with E-state index in [0.717, 1.165) is 11.1 Å². The van der Waals surface area contributed by atoms with Crippen LogP contribution >= 0.6 is 11.8 Å². The van der Waals surface area contributed by atoms with Gasteiger partial charge in [-0.2, -0.15) is 0 Å². The lowest BCUT2D eigenvalue weighted by Crippen LogP contribution is -2.25. The van der Waals surface area contributed by atoms with Gasteiger partial charge in [0.05, 0.1) is 0 Å². The first kappa shape index (κ1) is 13.6. The number of hydrogen-bond donors (Lipinski definition) is 1. The highest BCUT2D eigenvalue weighted by Gasteiger charge is 2.32. The molecule has 0 fully saturated rings. The van der Waals surface area contributed by atoms with E-state index in [0.29, 0.717) is 5.17 Å². The van der Waals surface area contributed by atoms with Gasteiger partial charge in [-0.05, 0) is 12.5 Å². The molecule has 0 aliphatic carbocycles. The third-order valence-corrected chi connectivity index (χ3v) is 3.68. The summed E-state index contributed by atoms with van der Waals surface area (Å²) in [4.78, 5) is 22.7. The van der Waals surface area contributed by atoms with Crippen LogP contribution in [-0.4, -0.2) is 22.0 Å². The molecule has 2 rings (SSSR count). The Morgan fingerprint density at radius 2 is 2.11 bits per heavy atom. The van der Waals surface area contributed by atoms with Gasteiger partial charge in [0.2, 0.25) is 11.8 Å². The van der Waals surface area contributed by atoms with Gasteiger partial charge < -0.3 is 5.32 Å². The summed E-state index contributed by atoms with van der Waals surface area (Å²) in [5.74, 6) is -0.348. The molecule has 6 heteroatoms. The van der Waals surface area contributed by atoms with Gasteiger partial charge in [-0.15, -0.1) is 5.10 Å². The fourth-order valence-electron chi connectivity index (χ4n) is 1.80. The molecule has 0 saturated carbocycles. The second kappa shape index (κ2) is 5.44. The number of benzene rings is 1. The van der Waals surface area contributed by atoms with E-state index in [2.05, 4.69) is 10.4 Å². The van der Waals surface area contributed by atoms with Crippen molar-refractivity contribution in [2.75, 3.05) is 0 Å². The van der Waals surface area contributed by atoms with Crippen molar-refractivity contribution in [3.63, 3.8) is 0 Å². The van der Waals surface area contributed by atoms with Crippen LogP contribution in [0, 0.1) is 6.92 Å². The molecule has 0 radical (unpaired) electrons. The second-order valence-electron chi connectivity index (χ2n) is 4.33. The van der Waals surface area contributed by atoms with Gasteiger partial charge in [-0.25, -0.2) is 5.01 Å².